The molecule has 0 radical (unpaired) electrons. The number of para-hydroxylation sites is 1. The summed E-state index contributed by atoms with van der Waals surface area (Å²) in [5.41, 5.74) is -0.473. The molecule has 1 aromatic carbocycles. The highest BCUT2D eigenvalue weighted by Crippen LogP contribution is 2.40. The predicted octanol–water partition coefficient (Wildman–Crippen LogP) is 1.72. The summed E-state index contributed by atoms with van der Waals surface area (Å²) in [6, 6.07) is 6.73. The third-order valence-corrected chi connectivity index (χ3v) is 5.77. The Labute approximate surface area is 158 Å². The molecule has 27 heavy (non-hydrogen) atoms. The number of benzene rings is 1. The van der Waals surface area contributed by atoms with Gasteiger partial charge in [-0.2, -0.15) is 0 Å². The average molecular weight is 371 g/mol. The molecule has 4 rings (SSSR count). The molecule has 0 aliphatic carbocycles. The van der Waals surface area contributed by atoms with Gasteiger partial charge in [-0.25, -0.2) is 4.79 Å². The van der Waals surface area contributed by atoms with Gasteiger partial charge >= 0.3 is 6.03 Å². The van der Waals surface area contributed by atoms with Crippen LogP contribution < -0.4 is 10.1 Å². The Morgan fingerprint density at radius 1 is 1.22 bits per heavy atom. The van der Waals surface area contributed by atoms with Crippen LogP contribution in [0.25, 0.3) is 0 Å². The Morgan fingerprint density at radius 3 is 2.67 bits per heavy atom. The lowest BCUT2D eigenvalue weighted by Gasteiger charge is -2.36. The van der Waals surface area contributed by atoms with E-state index < -0.39 is 11.6 Å². The first-order chi connectivity index (χ1) is 12.9. The highest BCUT2D eigenvalue weighted by Gasteiger charge is 2.55. The molecule has 2 fully saturated rings. The topological polar surface area (TPSA) is 79.0 Å². The van der Waals surface area contributed by atoms with Gasteiger partial charge < -0.3 is 15.0 Å². The fourth-order valence-electron chi connectivity index (χ4n) is 4.62. The molecule has 0 unspecified atom stereocenters. The molecular formula is C20H25N3O4. The monoisotopic (exact) mass is 371 g/mol. The SMILES string of the molecule is C[C@@H]1C[C@@H](C)CN(C(=O)CN2C(=O)N[C@@]3(CCOc4ccccc43)C2=O)C1. The number of nitrogens with one attached hydrogen (secondary N) is 1. The number of nitrogens with zero attached hydrogens (tertiary/aromatic N) is 2. The minimum Gasteiger partial charge on any atom is -0.493 e. The second-order valence-electron chi connectivity index (χ2n) is 8.07. The van der Waals surface area contributed by atoms with Crippen molar-refractivity contribution in [2.24, 2.45) is 11.8 Å². The summed E-state index contributed by atoms with van der Waals surface area (Å²) in [7, 11) is 0. The molecule has 7 nitrogen and oxygen atoms in total. The molecular weight excluding hydrogens is 346 g/mol. The van der Waals surface area contributed by atoms with E-state index in [0.717, 1.165) is 11.3 Å². The van der Waals surface area contributed by atoms with Crippen molar-refractivity contribution in [3.8, 4) is 5.75 Å². The van der Waals surface area contributed by atoms with Gasteiger partial charge in [0.25, 0.3) is 5.91 Å². The third-order valence-electron chi connectivity index (χ3n) is 5.77. The molecule has 1 N–H and O–H groups in total. The first-order valence-corrected chi connectivity index (χ1v) is 9.55. The molecule has 3 atom stereocenters. The Morgan fingerprint density at radius 2 is 1.93 bits per heavy atom. The van der Waals surface area contributed by atoms with E-state index in [1.807, 2.05) is 12.1 Å². The number of carbonyl (C=O) groups excluding carboxylic acids is 3. The van der Waals surface area contributed by atoms with Crippen molar-refractivity contribution in [1.82, 2.24) is 15.1 Å². The number of carbonyl (C=O) groups is 3. The normalized spacial score (nSPS) is 30.1. The fraction of sp³-hybridized carbons (Fsp3) is 0.550. The van der Waals surface area contributed by atoms with Crippen molar-refractivity contribution in [2.75, 3.05) is 26.2 Å². The Balaban J connectivity index is 1.55. The van der Waals surface area contributed by atoms with Gasteiger partial charge in [0.05, 0.1) is 6.61 Å². The maximum Gasteiger partial charge on any atom is 0.325 e. The number of ether oxygens (including phenoxy) is 1. The van der Waals surface area contributed by atoms with Gasteiger partial charge in [-0.1, -0.05) is 32.0 Å². The number of hydrogen-bond acceptors (Lipinski definition) is 4. The van der Waals surface area contributed by atoms with Gasteiger partial charge in [0, 0.05) is 25.1 Å². The zero-order valence-electron chi connectivity index (χ0n) is 15.7. The number of amides is 4. The molecule has 3 heterocycles. The molecule has 0 bridgehead atoms. The number of hydrogen-bond donors (Lipinski definition) is 1. The summed E-state index contributed by atoms with van der Waals surface area (Å²) in [5, 5.41) is 2.84. The lowest BCUT2D eigenvalue weighted by molar-refractivity contribution is -0.141. The van der Waals surface area contributed by atoms with E-state index in [9.17, 15) is 14.4 Å². The highest BCUT2D eigenvalue weighted by molar-refractivity contribution is 6.09. The molecule has 0 aromatic heterocycles. The van der Waals surface area contributed by atoms with E-state index in [1.165, 1.54) is 0 Å². The van der Waals surface area contributed by atoms with Crippen LogP contribution in [0.1, 0.15) is 32.3 Å². The van der Waals surface area contributed by atoms with Crippen LogP contribution >= 0.6 is 0 Å². The van der Waals surface area contributed by atoms with Gasteiger partial charge in [0.1, 0.15) is 12.3 Å². The van der Waals surface area contributed by atoms with Gasteiger partial charge in [-0.3, -0.25) is 14.5 Å². The van der Waals surface area contributed by atoms with Crippen LogP contribution in [0.3, 0.4) is 0 Å². The zero-order chi connectivity index (χ0) is 19.2. The number of imide groups is 1. The van der Waals surface area contributed by atoms with E-state index in [0.29, 0.717) is 49.3 Å². The van der Waals surface area contributed by atoms with Crippen LogP contribution in [0.4, 0.5) is 4.79 Å². The van der Waals surface area contributed by atoms with E-state index in [2.05, 4.69) is 19.2 Å². The molecule has 144 valence electrons. The Bertz CT molecular complexity index is 785. The second kappa shape index (κ2) is 6.55. The minimum atomic E-state index is -1.13. The van der Waals surface area contributed by atoms with E-state index >= 15 is 0 Å². The molecule has 7 heteroatoms. The molecule has 4 amide bonds. The molecule has 2 saturated heterocycles. The molecule has 1 aromatic rings. The lowest BCUT2D eigenvalue weighted by atomic mass is 9.84. The summed E-state index contributed by atoms with van der Waals surface area (Å²) in [6.07, 6.45) is 1.45. The van der Waals surface area contributed by atoms with E-state index in [1.54, 1.807) is 17.0 Å². The molecule has 1 spiro atoms. The van der Waals surface area contributed by atoms with Crippen LogP contribution in [0.15, 0.2) is 24.3 Å². The van der Waals surface area contributed by atoms with Gasteiger partial charge in [-0.15, -0.1) is 0 Å². The summed E-state index contributed by atoms with van der Waals surface area (Å²) in [6.45, 7) is 5.72. The van der Waals surface area contributed by atoms with Crippen LogP contribution in [-0.2, 0) is 15.1 Å². The molecule has 0 saturated carbocycles. The quantitative estimate of drug-likeness (QED) is 0.803. The standard InChI is InChI=1S/C20H25N3O4/c1-13-9-14(2)11-22(10-13)17(24)12-23-18(25)20(21-19(23)26)7-8-27-16-6-4-3-5-15(16)20/h3-6,13-14H,7-12H2,1-2H3,(H,21,26)/t13-,14-,20-/m1/s1. The van der Waals surface area contributed by atoms with Gasteiger partial charge in [-0.05, 0) is 24.3 Å². The van der Waals surface area contributed by atoms with Crippen molar-refractivity contribution in [2.45, 2.75) is 32.2 Å². The van der Waals surface area contributed by atoms with Gasteiger partial charge in [0.15, 0.2) is 5.54 Å². The summed E-state index contributed by atoms with van der Waals surface area (Å²) >= 11 is 0. The van der Waals surface area contributed by atoms with Crippen LogP contribution in [0.2, 0.25) is 0 Å². The summed E-state index contributed by atoms with van der Waals surface area (Å²) in [4.78, 5) is 41.4. The number of likely N-dealkylation sites (tertiary alicyclic amines) is 1. The summed E-state index contributed by atoms with van der Waals surface area (Å²) in [5.74, 6) is 0.914. The first-order valence-electron chi connectivity index (χ1n) is 9.55. The molecule has 3 aliphatic rings. The maximum absolute atomic E-state index is 13.2. The smallest absolute Gasteiger partial charge is 0.325 e. The molecule has 3 aliphatic heterocycles. The summed E-state index contributed by atoms with van der Waals surface area (Å²) < 4.78 is 5.63. The maximum atomic E-state index is 13.2. The van der Waals surface area contributed by atoms with Gasteiger partial charge in [0.2, 0.25) is 5.91 Å². The highest BCUT2D eigenvalue weighted by atomic mass is 16.5. The third kappa shape index (κ3) is 2.95. The Hall–Kier alpha value is -2.57. The van der Waals surface area contributed by atoms with E-state index in [-0.39, 0.29) is 18.4 Å². The number of fused-ring (bicyclic) bond motifs is 2. The van der Waals surface area contributed by atoms with Crippen molar-refractivity contribution in [3.05, 3.63) is 29.8 Å². The van der Waals surface area contributed by atoms with Crippen LogP contribution in [0.5, 0.6) is 5.75 Å². The fourth-order valence-corrected chi connectivity index (χ4v) is 4.62. The van der Waals surface area contributed by atoms with E-state index in [4.69, 9.17) is 4.74 Å². The number of urea groups is 1. The van der Waals surface area contributed by atoms with Crippen molar-refractivity contribution in [1.29, 1.82) is 0 Å². The number of rotatable bonds is 2. The average Bonchev–Trinajstić information content (AvgIpc) is 2.86. The largest absolute Gasteiger partial charge is 0.493 e. The lowest BCUT2D eigenvalue weighted by Crippen LogP contribution is -2.50. The predicted molar refractivity (Wildman–Crippen MR) is 98.0 cm³/mol. The zero-order valence-corrected chi connectivity index (χ0v) is 15.7. The van der Waals surface area contributed by atoms with Crippen molar-refractivity contribution >= 4 is 17.8 Å². The first kappa shape index (κ1) is 17.8. The van der Waals surface area contributed by atoms with Crippen LogP contribution in [-0.4, -0.2) is 53.9 Å². The Kier molecular flexibility index (Phi) is 4.32. The number of piperidine rings is 1. The minimum absolute atomic E-state index is 0.172. The second-order valence-corrected chi connectivity index (χ2v) is 8.07. The van der Waals surface area contributed by atoms with Crippen molar-refractivity contribution in [3.63, 3.8) is 0 Å². The van der Waals surface area contributed by atoms with Crippen molar-refractivity contribution < 1.29 is 19.1 Å². The van der Waals surface area contributed by atoms with Crippen LogP contribution in [0, 0.1) is 11.8 Å².